The Morgan fingerprint density at radius 2 is 1.71 bits per heavy atom. The number of carbonyl (C=O) groups excluding carboxylic acids is 1. The van der Waals surface area contributed by atoms with Gasteiger partial charge in [0.25, 0.3) is 0 Å². The first-order chi connectivity index (χ1) is 14.8. The molecule has 1 saturated carbocycles. The van der Waals surface area contributed by atoms with E-state index in [1.54, 1.807) is 13.2 Å². The zero-order valence-corrected chi connectivity index (χ0v) is 18.0. The van der Waals surface area contributed by atoms with E-state index in [1.807, 2.05) is 49.4 Å². The molecule has 3 aromatic rings. The molecule has 0 spiro atoms. The van der Waals surface area contributed by atoms with Crippen LogP contribution in [-0.4, -0.2) is 24.1 Å². The number of carbonyl (C=O) groups is 2. The van der Waals surface area contributed by atoms with E-state index in [4.69, 9.17) is 21.4 Å². The molecule has 0 radical (unpaired) electrons. The van der Waals surface area contributed by atoms with Gasteiger partial charge in [-0.15, -0.1) is 0 Å². The average Bonchev–Trinajstić information content (AvgIpc) is 3.57. The maximum Gasteiger partial charge on any atom is 0.335 e. The lowest BCUT2D eigenvalue weighted by Gasteiger charge is -2.17. The Bertz CT molecular complexity index is 1170. The fourth-order valence-corrected chi connectivity index (χ4v) is 4.07. The predicted octanol–water partition coefficient (Wildman–Crippen LogP) is 5.69. The summed E-state index contributed by atoms with van der Waals surface area (Å²) in [7, 11) is 1.62. The van der Waals surface area contributed by atoms with Gasteiger partial charge in [0.2, 0.25) is 5.91 Å². The quantitative estimate of drug-likeness (QED) is 0.521. The van der Waals surface area contributed by atoms with Crippen molar-refractivity contribution in [1.82, 2.24) is 0 Å². The van der Waals surface area contributed by atoms with Crippen LogP contribution in [0.4, 0.5) is 5.69 Å². The Labute approximate surface area is 185 Å². The molecule has 1 aliphatic carbocycles. The minimum atomic E-state index is -1.03. The summed E-state index contributed by atoms with van der Waals surface area (Å²) in [5.74, 6) is -0.312. The second-order valence-electron chi connectivity index (χ2n) is 7.79. The maximum absolute atomic E-state index is 13.1. The smallest absolute Gasteiger partial charge is 0.335 e. The highest BCUT2D eigenvalue weighted by atomic mass is 35.5. The molecule has 0 unspecified atom stereocenters. The molecule has 31 heavy (non-hydrogen) atoms. The zero-order valence-electron chi connectivity index (χ0n) is 17.2. The third kappa shape index (κ3) is 4.01. The summed E-state index contributed by atoms with van der Waals surface area (Å²) in [5, 5.41) is 12.6. The summed E-state index contributed by atoms with van der Waals surface area (Å²) in [6, 6.07) is 17.9. The maximum atomic E-state index is 13.1. The van der Waals surface area contributed by atoms with Crippen LogP contribution in [0.3, 0.4) is 0 Å². The second kappa shape index (κ2) is 8.08. The van der Waals surface area contributed by atoms with Crippen LogP contribution in [0.2, 0.25) is 5.02 Å². The number of methoxy groups -OCH3 is 1. The Kier molecular flexibility index (Phi) is 5.46. The molecule has 4 rings (SSSR count). The SMILES string of the molecule is COc1ccc(C2(C(=O)Nc3ccc(C)c(-c4ccc(C(=O)O)cc4Cl)c3)CC2)cc1. The van der Waals surface area contributed by atoms with Crippen LogP contribution in [-0.2, 0) is 10.2 Å². The van der Waals surface area contributed by atoms with Crippen molar-refractivity contribution in [3.05, 3.63) is 82.4 Å². The number of carboxylic acid groups (broad SMARTS) is 1. The number of carboxylic acids is 1. The van der Waals surface area contributed by atoms with Crippen molar-refractivity contribution in [2.45, 2.75) is 25.2 Å². The molecule has 0 bridgehead atoms. The van der Waals surface area contributed by atoms with Crippen molar-refractivity contribution in [1.29, 1.82) is 0 Å². The summed E-state index contributed by atoms with van der Waals surface area (Å²) in [5.41, 5.74) is 3.79. The Morgan fingerprint density at radius 3 is 2.29 bits per heavy atom. The van der Waals surface area contributed by atoms with Crippen molar-refractivity contribution in [2.75, 3.05) is 12.4 Å². The normalized spacial score (nSPS) is 14.0. The average molecular weight is 436 g/mol. The summed E-state index contributed by atoms with van der Waals surface area (Å²) < 4.78 is 5.21. The lowest BCUT2D eigenvalue weighted by Crippen LogP contribution is -2.27. The van der Waals surface area contributed by atoms with Crippen LogP contribution in [0, 0.1) is 6.92 Å². The fraction of sp³-hybridized carbons (Fsp3) is 0.200. The lowest BCUT2D eigenvalue weighted by atomic mass is 9.94. The molecular weight excluding hydrogens is 414 g/mol. The van der Waals surface area contributed by atoms with Crippen molar-refractivity contribution < 1.29 is 19.4 Å². The highest BCUT2D eigenvalue weighted by Gasteiger charge is 2.51. The van der Waals surface area contributed by atoms with Crippen LogP contribution >= 0.6 is 11.6 Å². The first kappa shape index (κ1) is 20.9. The van der Waals surface area contributed by atoms with Gasteiger partial charge >= 0.3 is 5.97 Å². The fourth-order valence-electron chi connectivity index (χ4n) is 3.79. The molecule has 3 aromatic carbocycles. The summed E-state index contributed by atoms with van der Waals surface area (Å²) in [4.78, 5) is 24.3. The number of hydrogen-bond acceptors (Lipinski definition) is 3. The van der Waals surface area contributed by atoms with Gasteiger partial charge in [-0.1, -0.05) is 35.9 Å². The first-order valence-corrected chi connectivity index (χ1v) is 10.3. The van der Waals surface area contributed by atoms with Gasteiger partial charge in [0, 0.05) is 16.3 Å². The highest BCUT2D eigenvalue weighted by molar-refractivity contribution is 6.33. The zero-order chi connectivity index (χ0) is 22.2. The van der Waals surface area contributed by atoms with E-state index in [0.717, 1.165) is 40.8 Å². The van der Waals surface area contributed by atoms with E-state index in [-0.39, 0.29) is 11.5 Å². The molecule has 0 saturated heterocycles. The Balaban J connectivity index is 1.60. The number of hydrogen-bond donors (Lipinski definition) is 2. The van der Waals surface area contributed by atoms with Gasteiger partial charge in [-0.2, -0.15) is 0 Å². The van der Waals surface area contributed by atoms with Crippen molar-refractivity contribution >= 4 is 29.2 Å². The Hall–Kier alpha value is -3.31. The van der Waals surface area contributed by atoms with Crippen molar-refractivity contribution in [3.63, 3.8) is 0 Å². The van der Waals surface area contributed by atoms with Gasteiger partial charge in [-0.05, 0) is 72.9 Å². The number of rotatable bonds is 6. The van der Waals surface area contributed by atoms with Gasteiger partial charge in [0.05, 0.1) is 18.1 Å². The summed E-state index contributed by atoms with van der Waals surface area (Å²) >= 11 is 6.36. The predicted molar refractivity (Wildman–Crippen MR) is 121 cm³/mol. The molecule has 158 valence electrons. The summed E-state index contributed by atoms with van der Waals surface area (Å²) in [6.07, 6.45) is 1.60. The molecule has 0 aliphatic heterocycles. The molecule has 2 N–H and O–H groups in total. The van der Waals surface area contributed by atoms with E-state index in [1.165, 1.54) is 12.1 Å². The molecule has 1 amide bonds. The third-order valence-corrected chi connectivity index (χ3v) is 6.14. The van der Waals surface area contributed by atoms with Gasteiger partial charge in [-0.3, -0.25) is 4.79 Å². The van der Waals surface area contributed by atoms with Crippen LogP contribution in [0.25, 0.3) is 11.1 Å². The Morgan fingerprint density at radius 1 is 1.00 bits per heavy atom. The topological polar surface area (TPSA) is 75.6 Å². The largest absolute Gasteiger partial charge is 0.497 e. The van der Waals surface area contributed by atoms with Gasteiger partial charge < -0.3 is 15.2 Å². The number of halogens is 1. The number of amides is 1. The molecule has 0 heterocycles. The van der Waals surface area contributed by atoms with Crippen molar-refractivity contribution in [3.8, 4) is 16.9 Å². The first-order valence-electron chi connectivity index (χ1n) is 9.94. The summed E-state index contributed by atoms with van der Waals surface area (Å²) in [6.45, 7) is 1.95. The molecule has 6 heteroatoms. The molecule has 5 nitrogen and oxygen atoms in total. The lowest BCUT2D eigenvalue weighted by molar-refractivity contribution is -0.118. The molecule has 0 atom stereocenters. The number of anilines is 1. The van der Waals surface area contributed by atoms with Crippen LogP contribution in [0.1, 0.15) is 34.3 Å². The van der Waals surface area contributed by atoms with E-state index in [2.05, 4.69) is 5.32 Å². The highest BCUT2D eigenvalue weighted by Crippen LogP contribution is 2.49. The van der Waals surface area contributed by atoms with E-state index < -0.39 is 11.4 Å². The minimum Gasteiger partial charge on any atom is -0.497 e. The van der Waals surface area contributed by atoms with E-state index >= 15 is 0 Å². The number of ether oxygens (including phenoxy) is 1. The second-order valence-corrected chi connectivity index (χ2v) is 8.20. The molecular formula is C25H22ClNO4. The van der Waals surface area contributed by atoms with Crippen LogP contribution in [0.15, 0.2) is 60.7 Å². The number of aryl methyl sites for hydroxylation is 1. The molecule has 1 fully saturated rings. The standard InChI is InChI=1S/C25H22ClNO4/c1-15-3-7-18(14-21(15)20-10-4-16(23(28)29)13-22(20)26)27-24(30)25(11-12-25)17-5-8-19(31-2)9-6-17/h3-10,13-14H,11-12H2,1-2H3,(H,27,30)(H,28,29). The number of benzene rings is 3. The monoisotopic (exact) mass is 435 g/mol. The number of nitrogens with one attached hydrogen (secondary N) is 1. The molecule has 0 aromatic heterocycles. The van der Waals surface area contributed by atoms with E-state index in [0.29, 0.717) is 10.7 Å². The van der Waals surface area contributed by atoms with Crippen LogP contribution in [0.5, 0.6) is 5.75 Å². The molecule has 1 aliphatic rings. The van der Waals surface area contributed by atoms with Gasteiger partial charge in [0.15, 0.2) is 0 Å². The minimum absolute atomic E-state index is 0.0419. The van der Waals surface area contributed by atoms with Crippen molar-refractivity contribution in [2.24, 2.45) is 0 Å². The van der Waals surface area contributed by atoms with Gasteiger partial charge in [-0.25, -0.2) is 4.79 Å². The van der Waals surface area contributed by atoms with E-state index in [9.17, 15) is 9.59 Å². The number of aromatic carboxylic acids is 1. The van der Waals surface area contributed by atoms with Gasteiger partial charge in [0.1, 0.15) is 5.75 Å². The third-order valence-electron chi connectivity index (χ3n) is 5.83. The van der Waals surface area contributed by atoms with Crippen LogP contribution < -0.4 is 10.1 Å².